The Balaban J connectivity index is 1.39. The molecule has 0 aromatic heterocycles. The first-order valence-corrected chi connectivity index (χ1v) is 9.85. The standard InChI is InChI=1S/C25H19ClN2O2/c26-21-13-11-18(12-14-21)17-30-22-8-3-5-19(15-22)16-27-28-25(29)24-10-4-7-20-6-1-2-9-23(20)24/h1-16H,17H2,(H,28,29). The molecule has 0 spiro atoms. The van der Waals surface area contributed by atoms with Crippen LogP contribution < -0.4 is 10.2 Å². The summed E-state index contributed by atoms with van der Waals surface area (Å²) in [5.41, 5.74) is 5.04. The third kappa shape index (κ3) is 4.85. The second kappa shape index (κ2) is 9.25. The molecule has 1 amide bonds. The van der Waals surface area contributed by atoms with Gasteiger partial charge in [0.2, 0.25) is 0 Å². The molecule has 0 saturated heterocycles. The van der Waals surface area contributed by atoms with Crippen LogP contribution in [0.25, 0.3) is 10.8 Å². The summed E-state index contributed by atoms with van der Waals surface area (Å²) in [5, 5.41) is 6.70. The van der Waals surface area contributed by atoms with Crippen molar-refractivity contribution in [2.45, 2.75) is 6.61 Å². The quantitative estimate of drug-likeness (QED) is 0.318. The first-order valence-electron chi connectivity index (χ1n) is 9.47. The zero-order valence-electron chi connectivity index (χ0n) is 16.1. The lowest BCUT2D eigenvalue weighted by Crippen LogP contribution is -2.17. The molecule has 0 heterocycles. The highest BCUT2D eigenvalue weighted by atomic mass is 35.5. The SMILES string of the molecule is O=C(NN=Cc1cccc(OCc2ccc(Cl)cc2)c1)c1cccc2ccccc12. The Kier molecular flexibility index (Phi) is 6.06. The van der Waals surface area contributed by atoms with E-state index in [0.29, 0.717) is 22.9 Å². The summed E-state index contributed by atoms with van der Waals surface area (Å²) in [6.07, 6.45) is 1.60. The van der Waals surface area contributed by atoms with Crippen molar-refractivity contribution in [3.63, 3.8) is 0 Å². The Bertz CT molecular complexity index is 1200. The average Bonchev–Trinajstić information content (AvgIpc) is 2.78. The molecule has 0 saturated carbocycles. The van der Waals surface area contributed by atoms with Crippen LogP contribution in [0.2, 0.25) is 5.02 Å². The molecule has 0 atom stereocenters. The molecule has 0 bridgehead atoms. The molecule has 4 rings (SSSR count). The fourth-order valence-corrected chi connectivity index (χ4v) is 3.21. The lowest BCUT2D eigenvalue weighted by molar-refractivity contribution is 0.0957. The van der Waals surface area contributed by atoms with Gasteiger partial charge >= 0.3 is 0 Å². The van der Waals surface area contributed by atoms with Crippen LogP contribution in [-0.4, -0.2) is 12.1 Å². The van der Waals surface area contributed by atoms with Gasteiger partial charge in [0.25, 0.3) is 5.91 Å². The highest BCUT2D eigenvalue weighted by molar-refractivity contribution is 6.30. The van der Waals surface area contributed by atoms with E-state index in [4.69, 9.17) is 16.3 Å². The van der Waals surface area contributed by atoms with E-state index < -0.39 is 0 Å². The monoisotopic (exact) mass is 414 g/mol. The molecule has 0 unspecified atom stereocenters. The molecule has 0 radical (unpaired) electrons. The number of nitrogens with one attached hydrogen (secondary N) is 1. The first kappa shape index (κ1) is 19.7. The van der Waals surface area contributed by atoms with E-state index in [1.807, 2.05) is 84.9 Å². The molecular weight excluding hydrogens is 396 g/mol. The number of ether oxygens (including phenoxy) is 1. The number of hydrogen-bond donors (Lipinski definition) is 1. The molecular formula is C25H19ClN2O2. The molecule has 148 valence electrons. The van der Waals surface area contributed by atoms with Gasteiger partial charge in [0.15, 0.2) is 0 Å². The van der Waals surface area contributed by atoms with Crippen LogP contribution in [0.5, 0.6) is 5.75 Å². The third-order valence-electron chi connectivity index (χ3n) is 4.59. The summed E-state index contributed by atoms with van der Waals surface area (Å²) in [6.45, 7) is 0.440. The molecule has 30 heavy (non-hydrogen) atoms. The van der Waals surface area contributed by atoms with Crippen molar-refractivity contribution < 1.29 is 9.53 Å². The predicted molar refractivity (Wildman–Crippen MR) is 121 cm³/mol. The lowest BCUT2D eigenvalue weighted by atomic mass is 10.0. The number of carbonyl (C=O) groups is 1. The van der Waals surface area contributed by atoms with E-state index in [0.717, 1.165) is 21.9 Å². The van der Waals surface area contributed by atoms with Gasteiger partial charge in [0.05, 0.1) is 6.21 Å². The van der Waals surface area contributed by atoms with Gasteiger partial charge in [-0.3, -0.25) is 4.79 Å². The molecule has 4 nitrogen and oxygen atoms in total. The fourth-order valence-electron chi connectivity index (χ4n) is 3.08. The maximum atomic E-state index is 12.5. The van der Waals surface area contributed by atoms with Gasteiger partial charge in [-0.1, -0.05) is 72.3 Å². The summed E-state index contributed by atoms with van der Waals surface area (Å²) in [6, 6.07) is 28.4. The second-order valence-electron chi connectivity index (χ2n) is 6.71. The fraction of sp³-hybridized carbons (Fsp3) is 0.0400. The van der Waals surface area contributed by atoms with Gasteiger partial charge in [-0.25, -0.2) is 5.43 Å². The molecule has 5 heteroatoms. The maximum Gasteiger partial charge on any atom is 0.271 e. The van der Waals surface area contributed by atoms with Gasteiger partial charge in [-0.05, 0) is 52.2 Å². The number of rotatable bonds is 6. The van der Waals surface area contributed by atoms with Gasteiger partial charge in [0, 0.05) is 10.6 Å². The zero-order valence-corrected chi connectivity index (χ0v) is 16.8. The van der Waals surface area contributed by atoms with Crippen LogP contribution in [0.15, 0.2) is 96.1 Å². The Hall–Kier alpha value is -3.63. The van der Waals surface area contributed by atoms with Crippen LogP contribution in [0.4, 0.5) is 0 Å². The van der Waals surface area contributed by atoms with Crippen molar-refractivity contribution in [2.75, 3.05) is 0 Å². The summed E-state index contributed by atoms with van der Waals surface area (Å²) in [5.74, 6) is 0.465. The van der Waals surface area contributed by atoms with Crippen molar-refractivity contribution >= 4 is 34.5 Å². The molecule has 1 N–H and O–H groups in total. The zero-order chi connectivity index (χ0) is 20.8. The highest BCUT2D eigenvalue weighted by Gasteiger charge is 2.08. The molecule has 0 aliphatic rings. The third-order valence-corrected chi connectivity index (χ3v) is 4.84. The Labute approximate surface area is 179 Å². The minimum absolute atomic E-state index is 0.252. The van der Waals surface area contributed by atoms with Crippen LogP contribution >= 0.6 is 11.6 Å². The summed E-state index contributed by atoms with van der Waals surface area (Å²) >= 11 is 5.90. The number of halogens is 1. The number of nitrogens with zero attached hydrogens (tertiary/aromatic N) is 1. The number of hydrogen-bond acceptors (Lipinski definition) is 3. The highest BCUT2D eigenvalue weighted by Crippen LogP contribution is 2.18. The van der Waals surface area contributed by atoms with Crippen molar-refractivity contribution in [1.29, 1.82) is 0 Å². The molecule has 4 aromatic rings. The molecule has 0 aliphatic carbocycles. The van der Waals surface area contributed by atoms with Crippen LogP contribution in [0.3, 0.4) is 0 Å². The van der Waals surface area contributed by atoms with Crippen molar-refractivity contribution in [3.8, 4) is 5.75 Å². The number of hydrazone groups is 1. The predicted octanol–water partition coefficient (Wildman–Crippen LogP) is 5.84. The Morgan fingerprint density at radius 1 is 0.933 bits per heavy atom. The Morgan fingerprint density at radius 2 is 1.70 bits per heavy atom. The summed E-state index contributed by atoms with van der Waals surface area (Å²) < 4.78 is 5.83. The van der Waals surface area contributed by atoms with Gasteiger partial charge < -0.3 is 4.74 Å². The van der Waals surface area contributed by atoms with E-state index in [9.17, 15) is 4.79 Å². The minimum atomic E-state index is -0.252. The molecule has 0 fully saturated rings. The van der Waals surface area contributed by atoms with Crippen molar-refractivity contribution in [3.05, 3.63) is 113 Å². The van der Waals surface area contributed by atoms with Crippen LogP contribution in [0.1, 0.15) is 21.5 Å². The number of benzene rings is 4. The number of amides is 1. The second-order valence-corrected chi connectivity index (χ2v) is 7.15. The normalized spacial score (nSPS) is 11.0. The van der Waals surface area contributed by atoms with Crippen LogP contribution in [-0.2, 0) is 6.61 Å². The summed E-state index contributed by atoms with van der Waals surface area (Å²) in [4.78, 5) is 12.5. The van der Waals surface area contributed by atoms with Crippen LogP contribution in [0, 0.1) is 0 Å². The van der Waals surface area contributed by atoms with Gasteiger partial charge in [-0.2, -0.15) is 5.10 Å². The van der Waals surface area contributed by atoms with E-state index >= 15 is 0 Å². The largest absolute Gasteiger partial charge is 0.489 e. The number of fused-ring (bicyclic) bond motifs is 1. The summed E-state index contributed by atoms with van der Waals surface area (Å²) in [7, 11) is 0. The van der Waals surface area contributed by atoms with Gasteiger partial charge in [-0.15, -0.1) is 0 Å². The maximum absolute atomic E-state index is 12.5. The minimum Gasteiger partial charge on any atom is -0.489 e. The van der Waals surface area contributed by atoms with E-state index in [1.54, 1.807) is 12.3 Å². The molecule has 4 aromatic carbocycles. The van der Waals surface area contributed by atoms with Crippen molar-refractivity contribution in [2.24, 2.45) is 5.10 Å². The smallest absolute Gasteiger partial charge is 0.271 e. The van der Waals surface area contributed by atoms with Gasteiger partial charge in [0.1, 0.15) is 12.4 Å². The number of carbonyl (C=O) groups excluding carboxylic acids is 1. The topological polar surface area (TPSA) is 50.7 Å². The Morgan fingerprint density at radius 3 is 2.57 bits per heavy atom. The van der Waals surface area contributed by atoms with E-state index in [1.165, 1.54) is 0 Å². The lowest BCUT2D eigenvalue weighted by Gasteiger charge is -2.07. The van der Waals surface area contributed by atoms with E-state index in [2.05, 4.69) is 10.5 Å². The average molecular weight is 415 g/mol. The first-order chi connectivity index (χ1) is 14.7. The molecule has 0 aliphatic heterocycles. The van der Waals surface area contributed by atoms with E-state index in [-0.39, 0.29) is 5.91 Å². The van der Waals surface area contributed by atoms with Crippen molar-refractivity contribution in [1.82, 2.24) is 5.43 Å².